The van der Waals surface area contributed by atoms with Crippen LogP contribution < -0.4 is 25.6 Å². The first-order valence-corrected chi connectivity index (χ1v) is 9.62. The van der Waals surface area contributed by atoms with Gasteiger partial charge in [0.25, 0.3) is 5.91 Å². The van der Waals surface area contributed by atoms with Crippen molar-refractivity contribution in [2.75, 3.05) is 7.11 Å². The summed E-state index contributed by atoms with van der Waals surface area (Å²) in [6.07, 6.45) is 1.16. The summed E-state index contributed by atoms with van der Waals surface area (Å²) in [6.45, 7) is 4.02. The number of hydrogen-bond donors (Lipinski definition) is 3. The Morgan fingerprint density at radius 2 is 1.62 bits per heavy atom. The summed E-state index contributed by atoms with van der Waals surface area (Å²) in [7, 11) is 1.58. The average molecular weight is 416 g/mol. The first-order chi connectivity index (χ1) is 13.9. The van der Waals surface area contributed by atoms with Crippen LogP contribution >= 0.6 is 12.2 Å². The van der Waals surface area contributed by atoms with E-state index in [2.05, 4.69) is 16.2 Å². The second kappa shape index (κ2) is 11.0. The maximum Gasteiger partial charge on any atom is 0.257 e. The Labute approximate surface area is 175 Å². The minimum atomic E-state index is -0.387. The van der Waals surface area contributed by atoms with Gasteiger partial charge in [0.1, 0.15) is 11.5 Å². The second-order valence-electron chi connectivity index (χ2n) is 6.34. The predicted molar refractivity (Wildman–Crippen MR) is 115 cm³/mol. The van der Waals surface area contributed by atoms with E-state index < -0.39 is 0 Å². The smallest absolute Gasteiger partial charge is 0.257 e. The molecule has 3 N–H and O–H groups in total. The quantitative estimate of drug-likeness (QED) is 0.476. The van der Waals surface area contributed by atoms with Gasteiger partial charge in [-0.1, -0.05) is 19.1 Å². The summed E-state index contributed by atoms with van der Waals surface area (Å²) in [5.74, 6) is 0.735. The van der Waals surface area contributed by atoms with Crippen molar-refractivity contribution in [1.82, 2.24) is 16.2 Å². The Kier molecular flexibility index (Phi) is 8.42. The molecule has 0 aromatic heterocycles. The van der Waals surface area contributed by atoms with Crippen LogP contribution in [0.15, 0.2) is 48.5 Å². The molecule has 0 saturated heterocycles. The molecule has 0 radical (unpaired) electrons. The van der Waals surface area contributed by atoms with Crippen LogP contribution in [-0.2, 0) is 11.2 Å². The molecule has 8 heteroatoms. The minimum Gasteiger partial charge on any atom is -0.497 e. The molecule has 0 aliphatic carbocycles. The Balaban J connectivity index is 1.77. The maximum absolute atomic E-state index is 12.2. The molecule has 7 nitrogen and oxygen atoms in total. The summed E-state index contributed by atoms with van der Waals surface area (Å²) in [4.78, 5) is 24.2. The van der Waals surface area contributed by atoms with Crippen LogP contribution in [0.1, 0.15) is 36.2 Å². The highest BCUT2D eigenvalue weighted by Gasteiger charge is 2.10. The lowest BCUT2D eigenvalue weighted by Crippen LogP contribution is -2.48. The number of thiocarbonyl (C=S) groups is 1. The van der Waals surface area contributed by atoms with Crippen molar-refractivity contribution in [3.05, 3.63) is 59.7 Å². The van der Waals surface area contributed by atoms with Gasteiger partial charge in [-0.2, -0.15) is 0 Å². The van der Waals surface area contributed by atoms with E-state index in [1.807, 2.05) is 13.8 Å². The lowest BCUT2D eigenvalue weighted by Gasteiger charge is -2.13. The molecule has 2 aromatic carbocycles. The van der Waals surface area contributed by atoms with Crippen molar-refractivity contribution >= 4 is 29.1 Å². The molecule has 1 atom stereocenters. The van der Waals surface area contributed by atoms with Crippen molar-refractivity contribution in [2.45, 2.75) is 32.8 Å². The molecule has 2 amide bonds. The van der Waals surface area contributed by atoms with Crippen molar-refractivity contribution in [3.8, 4) is 11.5 Å². The Morgan fingerprint density at radius 1 is 1.00 bits per heavy atom. The number of hydrogen-bond acceptors (Lipinski definition) is 5. The molecular formula is C21H25N3O4S. The third kappa shape index (κ3) is 7.42. The topological polar surface area (TPSA) is 88.7 Å². The SMILES string of the molecule is CCC(C)Oc1ccc(C(=O)NC(=S)NNC(=O)Cc2ccc(OC)cc2)cc1. The monoisotopic (exact) mass is 415 g/mol. The first kappa shape index (κ1) is 22.2. The number of methoxy groups -OCH3 is 1. The average Bonchev–Trinajstić information content (AvgIpc) is 2.73. The molecule has 1 unspecified atom stereocenters. The fraction of sp³-hybridized carbons (Fsp3) is 0.286. The van der Waals surface area contributed by atoms with Gasteiger partial charge in [0.2, 0.25) is 5.91 Å². The van der Waals surface area contributed by atoms with Crippen LogP contribution in [0, 0.1) is 0 Å². The molecule has 0 aliphatic rings. The third-order valence-corrected chi connectivity index (χ3v) is 4.30. The fourth-order valence-corrected chi connectivity index (χ4v) is 2.45. The predicted octanol–water partition coefficient (Wildman–Crippen LogP) is 2.75. The molecular weight excluding hydrogens is 390 g/mol. The molecule has 0 heterocycles. The molecule has 0 aliphatic heterocycles. The first-order valence-electron chi connectivity index (χ1n) is 9.21. The van der Waals surface area contributed by atoms with E-state index in [1.165, 1.54) is 0 Å². The van der Waals surface area contributed by atoms with Crippen LogP contribution in [0.25, 0.3) is 0 Å². The van der Waals surface area contributed by atoms with Gasteiger partial charge in [0.05, 0.1) is 19.6 Å². The van der Waals surface area contributed by atoms with Gasteiger partial charge < -0.3 is 9.47 Å². The standard InChI is InChI=1S/C21H25N3O4S/c1-4-14(2)28-18-11-7-16(8-12-18)20(26)22-21(29)24-23-19(25)13-15-5-9-17(27-3)10-6-15/h5-12,14H,4,13H2,1-3H3,(H,23,25)(H2,22,24,26,29). The van der Waals surface area contributed by atoms with Crippen molar-refractivity contribution in [2.24, 2.45) is 0 Å². The summed E-state index contributed by atoms with van der Waals surface area (Å²) < 4.78 is 10.8. The zero-order valence-electron chi connectivity index (χ0n) is 16.7. The van der Waals surface area contributed by atoms with E-state index in [1.54, 1.807) is 55.6 Å². The third-order valence-electron chi connectivity index (χ3n) is 4.09. The number of nitrogens with one attached hydrogen (secondary N) is 3. The van der Waals surface area contributed by atoms with Gasteiger partial charge in [-0.3, -0.25) is 25.8 Å². The molecule has 0 bridgehead atoms. The van der Waals surface area contributed by atoms with Crippen molar-refractivity contribution in [1.29, 1.82) is 0 Å². The number of ether oxygens (including phenoxy) is 2. The Bertz CT molecular complexity index is 838. The van der Waals surface area contributed by atoms with Gasteiger partial charge >= 0.3 is 0 Å². The molecule has 0 saturated carbocycles. The summed E-state index contributed by atoms with van der Waals surface area (Å²) in [6, 6.07) is 13.9. The van der Waals surface area contributed by atoms with Crippen LogP contribution in [0.5, 0.6) is 11.5 Å². The van der Waals surface area contributed by atoms with Crippen LogP contribution in [0.4, 0.5) is 0 Å². The number of carbonyl (C=O) groups is 2. The van der Waals surface area contributed by atoms with Gasteiger partial charge in [-0.15, -0.1) is 0 Å². The lowest BCUT2D eigenvalue weighted by atomic mass is 10.1. The van der Waals surface area contributed by atoms with E-state index in [-0.39, 0.29) is 29.5 Å². The maximum atomic E-state index is 12.2. The molecule has 2 aromatic rings. The highest BCUT2D eigenvalue weighted by atomic mass is 32.1. The van der Waals surface area contributed by atoms with E-state index in [9.17, 15) is 9.59 Å². The molecule has 154 valence electrons. The van der Waals surface area contributed by atoms with Gasteiger partial charge in [-0.05, 0) is 67.5 Å². The van der Waals surface area contributed by atoms with E-state index in [4.69, 9.17) is 21.7 Å². The number of hydrazine groups is 1. The highest BCUT2D eigenvalue weighted by Crippen LogP contribution is 2.15. The molecule has 0 fully saturated rings. The Hall–Kier alpha value is -3.13. The summed E-state index contributed by atoms with van der Waals surface area (Å²) in [5, 5.41) is 2.51. The number of rotatable bonds is 7. The molecule has 0 spiro atoms. The van der Waals surface area contributed by atoms with Crippen molar-refractivity contribution < 1.29 is 19.1 Å². The lowest BCUT2D eigenvalue weighted by molar-refractivity contribution is -0.121. The minimum absolute atomic E-state index is 0.00184. The van der Waals surface area contributed by atoms with Crippen molar-refractivity contribution in [3.63, 3.8) is 0 Å². The van der Waals surface area contributed by atoms with E-state index in [0.29, 0.717) is 11.3 Å². The van der Waals surface area contributed by atoms with Crippen LogP contribution in [0.2, 0.25) is 0 Å². The largest absolute Gasteiger partial charge is 0.497 e. The summed E-state index contributed by atoms with van der Waals surface area (Å²) >= 11 is 5.05. The van der Waals surface area contributed by atoms with Crippen LogP contribution in [0.3, 0.4) is 0 Å². The number of amides is 2. The van der Waals surface area contributed by atoms with Gasteiger partial charge in [0, 0.05) is 5.56 Å². The van der Waals surface area contributed by atoms with E-state index >= 15 is 0 Å². The number of carbonyl (C=O) groups excluding carboxylic acids is 2. The highest BCUT2D eigenvalue weighted by molar-refractivity contribution is 7.80. The molecule has 29 heavy (non-hydrogen) atoms. The van der Waals surface area contributed by atoms with Crippen LogP contribution in [-0.4, -0.2) is 30.1 Å². The van der Waals surface area contributed by atoms with Gasteiger partial charge in [0.15, 0.2) is 5.11 Å². The summed E-state index contributed by atoms with van der Waals surface area (Å²) in [5.41, 5.74) is 6.22. The normalized spacial score (nSPS) is 11.1. The number of benzene rings is 2. The van der Waals surface area contributed by atoms with Gasteiger partial charge in [-0.25, -0.2) is 0 Å². The molecule has 2 rings (SSSR count). The fourth-order valence-electron chi connectivity index (χ4n) is 2.31. The second-order valence-corrected chi connectivity index (χ2v) is 6.75. The Morgan fingerprint density at radius 3 is 2.21 bits per heavy atom. The zero-order valence-corrected chi connectivity index (χ0v) is 17.5. The zero-order chi connectivity index (χ0) is 21.2. The van der Waals surface area contributed by atoms with E-state index in [0.717, 1.165) is 17.7 Å².